The molecule has 1 aromatic rings. The van der Waals surface area contributed by atoms with Crippen LogP contribution in [0.25, 0.3) is 0 Å². The second kappa shape index (κ2) is 6.52. The van der Waals surface area contributed by atoms with Gasteiger partial charge in [-0.15, -0.1) is 0 Å². The van der Waals surface area contributed by atoms with Crippen molar-refractivity contribution in [3.8, 4) is 0 Å². The molecular formula is C12H15NO4. The van der Waals surface area contributed by atoms with E-state index in [1.807, 2.05) is 6.92 Å². The third-order valence-corrected chi connectivity index (χ3v) is 2.10. The van der Waals surface area contributed by atoms with Crippen molar-refractivity contribution in [1.29, 1.82) is 0 Å². The monoisotopic (exact) mass is 237 g/mol. The normalized spacial score (nSPS) is 10.6. The highest BCUT2D eigenvalue weighted by molar-refractivity contribution is 5.93. The van der Waals surface area contributed by atoms with Crippen molar-refractivity contribution in [2.45, 2.75) is 19.9 Å². The molecule has 0 aliphatic carbocycles. The van der Waals surface area contributed by atoms with Crippen LogP contribution >= 0.6 is 0 Å². The maximum atomic E-state index is 11.7. The summed E-state index contributed by atoms with van der Waals surface area (Å²) in [6.07, 6.45) is 4.23. The number of amides is 1. The van der Waals surface area contributed by atoms with E-state index in [0.717, 1.165) is 18.6 Å². The SMILES string of the molecule is CCCN(Cc1ccco1)C(=O)/C=C/C(=O)O. The van der Waals surface area contributed by atoms with E-state index in [1.54, 1.807) is 12.1 Å². The molecule has 0 aromatic carbocycles. The Morgan fingerprint density at radius 3 is 2.76 bits per heavy atom. The number of hydrogen-bond acceptors (Lipinski definition) is 3. The second-order valence-corrected chi connectivity index (χ2v) is 3.51. The molecular weight excluding hydrogens is 222 g/mol. The lowest BCUT2D eigenvalue weighted by molar-refractivity contribution is -0.132. The van der Waals surface area contributed by atoms with Crippen molar-refractivity contribution in [3.63, 3.8) is 0 Å². The number of carboxylic acids is 1. The summed E-state index contributed by atoms with van der Waals surface area (Å²) in [5.74, 6) is -0.783. The van der Waals surface area contributed by atoms with Crippen molar-refractivity contribution >= 4 is 11.9 Å². The van der Waals surface area contributed by atoms with E-state index in [1.165, 1.54) is 11.2 Å². The molecule has 0 saturated heterocycles. The lowest BCUT2D eigenvalue weighted by Gasteiger charge is -2.18. The lowest BCUT2D eigenvalue weighted by Crippen LogP contribution is -2.29. The third kappa shape index (κ3) is 4.55. The van der Waals surface area contributed by atoms with Crippen LogP contribution in [0.3, 0.4) is 0 Å². The van der Waals surface area contributed by atoms with E-state index < -0.39 is 5.97 Å². The van der Waals surface area contributed by atoms with Gasteiger partial charge in [-0.3, -0.25) is 4.79 Å². The Hall–Kier alpha value is -2.04. The minimum absolute atomic E-state index is 0.328. The summed E-state index contributed by atoms with van der Waals surface area (Å²) in [6.45, 7) is 2.86. The highest BCUT2D eigenvalue weighted by Gasteiger charge is 2.11. The number of furan rings is 1. The zero-order chi connectivity index (χ0) is 12.7. The van der Waals surface area contributed by atoms with Gasteiger partial charge in [0.05, 0.1) is 12.8 Å². The molecule has 0 atom stereocenters. The van der Waals surface area contributed by atoms with Crippen LogP contribution < -0.4 is 0 Å². The van der Waals surface area contributed by atoms with Gasteiger partial charge in [-0.2, -0.15) is 0 Å². The minimum atomic E-state index is -1.13. The average molecular weight is 237 g/mol. The number of carboxylic acid groups (broad SMARTS) is 1. The molecule has 0 aliphatic heterocycles. The largest absolute Gasteiger partial charge is 0.478 e. The van der Waals surface area contributed by atoms with Crippen molar-refractivity contribution in [1.82, 2.24) is 4.90 Å². The molecule has 1 aromatic heterocycles. The van der Waals surface area contributed by atoms with Gasteiger partial charge < -0.3 is 14.4 Å². The summed E-state index contributed by atoms with van der Waals surface area (Å²) in [5.41, 5.74) is 0. The van der Waals surface area contributed by atoms with Gasteiger partial charge >= 0.3 is 5.97 Å². The van der Waals surface area contributed by atoms with Gasteiger partial charge in [-0.05, 0) is 18.6 Å². The third-order valence-electron chi connectivity index (χ3n) is 2.10. The van der Waals surface area contributed by atoms with E-state index in [4.69, 9.17) is 9.52 Å². The number of carbonyl (C=O) groups excluding carboxylic acids is 1. The van der Waals surface area contributed by atoms with E-state index >= 15 is 0 Å². The van der Waals surface area contributed by atoms with Crippen LogP contribution in [0.2, 0.25) is 0 Å². The van der Waals surface area contributed by atoms with Crippen LogP contribution in [0.4, 0.5) is 0 Å². The van der Waals surface area contributed by atoms with Gasteiger partial charge in [-0.25, -0.2) is 4.79 Å². The van der Waals surface area contributed by atoms with Crippen LogP contribution in [0.1, 0.15) is 19.1 Å². The Morgan fingerprint density at radius 1 is 1.47 bits per heavy atom. The van der Waals surface area contributed by atoms with Crippen molar-refractivity contribution in [2.24, 2.45) is 0 Å². The topological polar surface area (TPSA) is 70.8 Å². The lowest BCUT2D eigenvalue weighted by atomic mass is 10.3. The summed E-state index contributed by atoms with van der Waals surface area (Å²) < 4.78 is 5.15. The van der Waals surface area contributed by atoms with E-state index in [9.17, 15) is 9.59 Å². The van der Waals surface area contributed by atoms with Crippen LogP contribution in [0, 0.1) is 0 Å². The van der Waals surface area contributed by atoms with E-state index in [-0.39, 0.29) is 5.91 Å². The molecule has 0 bridgehead atoms. The van der Waals surface area contributed by atoms with Gasteiger partial charge in [0.15, 0.2) is 0 Å². The average Bonchev–Trinajstić information content (AvgIpc) is 2.78. The Labute approximate surface area is 99.3 Å². The molecule has 0 fully saturated rings. The van der Waals surface area contributed by atoms with Crippen LogP contribution in [-0.4, -0.2) is 28.4 Å². The first-order chi connectivity index (χ1) is 8.13. The van der Waals surface area contributed by atoms with Gasteiger partial charge in [-0.1, -0.05) is 6.92 Å². The number of aliphatic carboxylic acids is 1. The maximum Gasteiger partial charge on any atom is 0.328 e. The molecule has 1 heterocycles. The molecule has 0 radical (unpaired) electrons. The molecule has 0 saturated carbocycles. The summed E-state index contributed by atoms with van der Waals surface area (Å²) in [4.78, 5) is 23.6. The first-order valence-corrected chi connectivity index (χ1v) is 5.35. The van der Waals surface area contributed by atoms with Crippen LogP contribution in [0.15, 0.2) is 35.0 Å². The molecule has 92 valence electrons. The maximum absolute atomic E-state index is 11.7. The van der Waals surface area contributed by atoms with Crippen LogP contribution in [0.5, 0.6) is 0 Å². The Bertz CT molecular complexity index is 395. The Balaban J connectivity index is 2.64. The zero-order valence-electron chi connectivity index (χ0n) is 9.63. The Morgan fingerprint density at radius 2 is 2.24 bits per heavy atom. The summed E-state index contributed by atoms with van der Waals surface area (Å²) in [6, 6.07) is 3.52. The van der Waals surface area contributed by atoms with Gasteiger partial charge in [0.25, 0.3) is 0 Å². The highest BCUT2D eigenvalue weighted by Crippen LogP contribution is 2.06. The molecule has 5 nitrogen and oxygen atoms in total. The van der Waals surface area contributed by atoms with Crippen LogP contribution in [-0.2, 0) is 16.1 Å². The fraction of sp³-hybridized carbons (Fsp3) is 0.333. The van der Waals surface area contributed by atoms with Crippen molar-refractivity contribution in [3.05, 3.63) is 36.3 Å². The van der Waals surface area contributed by atoms with E-state index in [0.29, 0.717) is 18.8 Å². The smallest absolute Gasteiger partial charge is 0.328 e. The summed E-state index contributed by atoms with van der Waals surface area (Å²) >= 11 is 0. The molecule has 17 heavy (non-hydrogen) atoms. The van der Waals surface area contributed by atoms with E-state index in [2.05, 4.69) is 0 Å². The first kappa shape index (κ1) is 13.0. The fourth-order valence-electron chi connectivity index (χ4n) is 1.38. The minimum Gasteiger partial charge on any atom is -0.478 e. The molecule has 1 N–H and O–H groups in total. The van der Waals surface area contributed by atoms with Crippen molar-refractivity contribution in [2.75, 3.05) is 6.54 Å². The predicted molar refractivity (Wildman–Crippen MR) is 61.2 cm³/mol. The number of nitrogens with zero attached hydrogens (tertiary/aromatic N) is 1. The summed E-state index contributed by atoms with van der Waals surface area (Å²) in [5, 5.41) is 8.45. The molecule has 1 amide bonds. The predicted octanol–water partition coefficient (Wildman–Crippen LogP) is 1.66. The van der Waals surface area contributed by atoms with Gasteiger partial charge in [0.2, 0.25) is 5.91 Å². The second-order valence-electron chi connectivity index (χ2n) is 3.51. The number of carbonyl (C=O) groups is 2. The van der Waals surface area contributed by atoms with Crippen molar-refractivity contribution < 1.29 is 19.1 Å². The zero-order valence-corrected chi connectivity index (χ0v) is 9.63. The molecule has 0 aliphatic rings. The number of hydrogen-bond donors (Lipinski definition) is 1. The first-order valence-electron chi connectivity index (χ1n) is 5.35. The molecule has 5 heteroatoms. The van der Waals surface area contributed by atoms with Gasteiger partial charge in [0, 0.05) is 18.7 Å². The summed E-state index contributed by atoms with van der Waals surface area (Å²) in [7, 11) is 0. The quantitative estimate of drug-likeness (QED) is 0.764. The highest BCUT2D eigenvalue weighted by atomic mass is 16.4. The molecule has 0 spiro atoms. The number of rotatable bonds is 6. The van der Waals surface area contributed by atoms with Gasteiger partial charge in [0.1, 0.15) is 5.76 Å². The fourth-order valence-corrected chi connectivity index (χ4v) is 1.38. The Kier molecular flexibility index (Phi) is 5.00. The molecule has 1 rings (SSSR count). The molecule has 0 unspecified atom stereocenters. The standard InChI is InChI=1S/C12H15NO4/c1-2-7-13(9-10-4-3-8-17-10)11(14)5-6-12(15)16/h3-6,8H,2,7,9H2,1H3,(H,15,16)/b6-5+.